The molecule has 0 saturated heterocycles. The van der Waals surface area contributed by atoms with Crippen molar-refractivity contribution < 1.29 is 13.2 Å². The Morgan fingerprint density at radius 1 is 1.17 bits per heavy atom. The fraction of sp³-hybridized carbons (Fsp3) is 0.133. The number of rotatable bonds is 4. The lowest BCUT2D eigenvalue weighted by Crippen LogP contribution is -2.14. The van der Waals surface area contributed by atoms with E-state index in [1.54, 1.807) is 43.4 Å². The van der Waals surface area contributed by atoms with E-state index in [0.717, 1.165) is 0 Å². The Labute approximate surface area is 132 Å². The summed E-state index contributed by atoms with van der Waals surface area (Å²) in [4.78, 5) is 14.3. The number of aromatic nitrogens is 2. The first-order valence-corrected chi connectivity index (χ1v) is 8.25. The highest BCUT2D eigenvalue weighted by Gasteiger charge is 2.19. The van der Waals surface area contributed by atoms with E-state index in [2.05, 4.69) is 9.71 Å². The van der Waals surface area contributed by atoms with Crippen LogP contribution in [0.25, 0.3) is 11.0 Å². The Morgan fingerprint density at radius 2 is 1.91 bits per heavy atom. The van der Waals surface area contributed by atoms with E-state index in [9.17, 15) is 13.2 Å². The summed E-state index contributed by atoms with van der Waals surface area (Å²) < 4.78 is 34.1. The van der Waals surface area contributed by atoms with E-state index in [1.807, 2.05) is 0 Å². The molecule has 0 aliphatic carbocycles. The van der Waals surface area contributed by atoms with Gasteiger partial charge in [0.2, 0.25) is 0 Å². The molecule has 0 aliphatic rings. The lowest BCUT2D eigenvalue weighted by Gasteiger charge is -2.11. The number of nitrogens with one attached hydrogen (secondary N) is 2. The van der Waals surface area contributed by atoms with Crippen LogP contribution in [0.1, 0.15) is 0 Å². The van der Waals surface area contributed by atoms with E-state index in [1.165, 1.54) is 17.7 Å². The number of aryl methyl sites for hydroxylation is 1. The van der Waals surface area contributed by atoms with Crippen LogP contribution in [0.4, 0.5) is 5.69 Å². The number of methoxy groups -OCH3 is 1. The molecule has 23 heavy (non-hydrogen) atoms. The molecule has 1 aromatic heterocycles. The number of hydrogen-bond donors (Lipinski definition) is 2. The van der Waals surface area contributed by atoms with Crippen molar-refractivity contribution in [2.24, 2.45) is 7.05 Å². The van der Waals surface area contributed by atoms with Gasteiger partial charge in [0, 0.05) is 7.05 Å². The van der Waals surface area contributed by atoms with Crippen molar-refractivity contribution in [3.05, 3.63) is 52.9 Å². The normalized spacial score (nSPS) is 11.6. The minimum Gasteiger partial charge on any atom is -0.495 e. The van der Waals surface area contributed by atoms with Gasteiger partial charge in [-0.25, -0.2) is 13.2 Å². The van der Waals surface area contributed by atoms with Crippen LogP contribution in [0.2, 0.25) is 0 Å². The summed E-state index contributed by atoms with van der Waals surface area (Å²) >= 11 is 0. The molecule has 7 nitrogen and oxygen atoms in total. The Morgan fingerprint density at radius 3 is 2.65 bits per heavy atom. The van der Waals surface area contributed by atoms with Crippen LogP contribution in [-0.4, -0.2) is 25.1 Å². The number of ether oxygens (including phenoxy) is 1. The van der Waals surface area contributed by atoms with Crippen LogP contribution in [0.5, 0.6) is 5.75 Å². The summed E-state index contributed by atoms with van der Waals surface area (Å²) in [5, 5.41) is 0. The van der Waals surface area contributed by atoms with Gasteiger partial charge in [-0.1, -0.05) is 12.1 Å². The minimum absolute atomic E-state index is 0.0468. The van der Waals surface area contributed by atoms with Gasteiger partial charge in [-0.3, -0.25) is 9.29 Å². The summed E-state index contributed by atoms with van der Waals surface area (Å²) in [5.41, 5.74) is 1.34. The molecule has 0 aliphatic heterocycles. The number of benzene rings is 2. The fourth-order valence-corrected chi connectivity index (χ4v) is 3.56. The van der Waals surface area contributed by atoms with Crippen molar-refractivity contribution >= 4 is 26.7 Å². The molecule has 2 aromatic carbocycles. The highest BCUT2D eigenvalue weighted by molar-refractivity contribution is 7.92. The van der Waals surface area contributed by atoms with Crippen LogP contribution in [0.3, 0.4) is 0 Å². The Kier molecular flexibility index (Phi) is 3.61. The van der Waals surface area contributed by atoms with Gasteiger partial charge in [-0.2, -0.15) is 0 Å². The van der Waals surface area contributed by atoms with Crippen molar-refractivity contribution in [2.45, 2.75) is 4.90 Å². The zero-order valence-electron chi connectivity index (χ0n) is 12.5. The van der Waals surface area contributed by atoms with Crippen molar-refractivity contribution in [1.29, 1.82) is 0 Å². The Hall–Kier alpha value is -2.74. The van der Waals surface area contributed by atoms with Crippen molar-refractivity contribution in [2.75, 3.05) is 11.8 Å². The van der Waals surface area contributed by atoms with E-state index < -0.39 is 10.0 Å². The second-order valence-electron chi connectivity index (χ2n) is 4.98. The second kappa shape index (κ2) is 5.47. The zero-order chi connectivity index (χ0) is 16.6. The monoisotopic (exact) mass is 333 g/mol. The molecule has 0 bridgehead atoms. The molecule has 1 heterocycles. The quantitative estimate of drug-likeness (QED) is 0.759. The van der Waals surface area contributed by atoms with Gasteiger partial charge in [0.25, 0.3) is 10.0 Å². The highest BCUT2D eigenvalue weighted by Crippen LogP contribution is 2.26. The second-order valence-corrected chi connectivity index (χ2v) is 6.63. The number of aromatic amines is 1. The number of sulfonamides is 1. The molecule has 3 aromatic rings. The molecule has 8 heteroatoms. The Bertz CT molecular complexity index is 1030. The first kappa shape index (κ1) is 15.2. The number of para-hydroxylation sites is 1. The molecule has 0 radical (unpaired) electrons. The number of fused-ring (bicyclic) bond motifs is 1. The van der Waals surface area contributed by atoms with Crippen molar-refractivity contribution in [3.8, 4) is 5.75 Å². The molecule has 0 atom stereocenters. The van der Waals surface area contributed by atoms with E-state index in [-0.39, 0.29) is 16.3 Å². The third-order valence-corrected chi connectivity index (χ3v) is 4.94. The summed E-state index contributed by atoms with van der Waals surface area (Å²) in [7, 11) is -0.780. The van der Waals surface area contributed by atoms with E-state index >= 15 is 0 Å². The molecule has 120 valence electrons. The summed E-state index contributed by atoms with van der Waals surface area (Å²) in [6, 6.07) is 11.2. The molecule has 0 saturated carbocycles. The molecule has 0 spiro atoms. The molecule has 3 rings (SSSR count). The van der Waals surface area contributed by atoms with Crippen LogP contribution in [-0.2, 0) is 17.1 Å². The van der Waals surface area contributed by atoms with Gasteiger partial charge in [-0.15, -0.1) is 0 Å². The number of nitrogens with zero attached hydrogens (tertiary/aromatic N) is 1. The molecular formula is C15H15N3O4S. The van der Waals surface area contributed by atoms with E-state index in [0.29, 0.717) is 16.7 Å². The molecule has 0 amide bonds. The molecule has 2 N–H and O–H groups in total. The van der Waals surface area contributed by atoms with Gasteiger partial charge >= 0.3 is 5.69 Å². The minimum atomic E-state index is -3.80. The molecule has 0 unspecified atom stereocenters. The largest absolute Gasteiger partial charge is 0.495 e. The number of H-pyrrole nitrogens is 1. The van der Waals surface area contributed by atoms with E-state index in [4.69, 9.17) is 4.74 Å². The molecule has 0 fully saturated rings. The topological polar surface area (TPSA) is 93.2 Å². The third-order valence-electron chi connectivity index (χ3n) is 3.52. The van der Waals surface area contributed by atoms with Crippen LogP contribution >= 0.6 is 0 Å². The smallest absolute Gasteiger partial charge is 0.326 e. The lowest BCUT2D eigenvalue weighted by atomic mass is 10.3. The molecular weight excluding hydrogens is 318 g/mol. The third kappa shape index (κ3) is 2.68. The van der Waals surface area contributed by atoms with Crippen molar-refractivity contribution in [3.63, 3.8) is 0 Å². The average Bonchev–Trinajstić information content (AvgIpc) is 2.82. The highest BCUT2D eigenvalue weighted by atomic mass is 32.2. The first-order chi connectivity index (χ1) is 10.9. The van der Waals surface area contributed by atoms with Gasteiger partial charge < -0.3 is 9.72 Å². The maximum atomic E-state index is 12.5. The summed E-state index contributed by atoms with van der Waals surface area (Å²) in [6.45, 7) is 0. The van der Waals surface area contributed by atoms with Crippen LogP contribution in [0.15, 0.2) is 52.2 Å². The SMILES string of the molecule is COc1ccccc1S(=O)(=O)Nc1ccc2[nH]c(=O)n(C)c2c1. The standard InChI is InChI=1S/C15H15N3O4S/c1-18-12-9-10(7-8-11(12)16-15(18)19)17-23(20,21)14-6-4-3-5-13(14)22-2/h3-9,17H,1-2H3,(H,16,19). The maximum absolute atomic E-state index is 12.5. The van der Waals surface area contributed by atoms with Crippen LogP contribution in [0, 0.1) is 0 Å². The van der Waals surface area contributed by atoms with Gasteiger partial charge in [-0.05, 0) is 30.3 Å². The number of anilines is 1. The van der Waals surface area contributed by atoms with Crippen LogP contribution < -0.4 is 15.1 Å². The average molecular weight is 333 g/mol. The van der Waals surface area contributed by atoms with Crippen molar-refractivity contribution in [1.82, 2.24) is 9.55 Å². The predicted octanol–water partition coefficient (Wildman–Crippen LogP) is 1.68. The zero-order valence-corrected chi connectivity index (χ0v) is 13.3. The first-order valence-electron chi connectivity index (χ1n) is 6.77. The predicted molar refractivity (Wildman–Crippen MR) is 87.3 cm³/mol. The lowest BCUT2D eigenvalue weighted by molar-refractivity contribution is 0.403. The fourth-order valence-electron chi connectivity index (χ4n) is 2.34. The summed E-state index contributed by atoms with van der Waals surface area (Å²) in [6.07, 6.45) is 0. The summed E-state index contributed by atoms with van der Waals surface area (Å²) in [5.74, 6) is 0.259. The number of imidazole rings is 1. The van der Waals surface area contributed by atoms with Gasteiger partial charge in [0.1, 0.15) is 10.6 Å². The Balaban J connectivity index is 2.03. The van der Waals surface area contributed by atoms with Gasteiger partial charge in [0.05, 0.1) is 23.8 Å². The number of hydrogen-bond acceptors (Lipinski definition) is 4. The van der Waals surface area contributed by atoms with Gasteiger partial charge in [0.15, 0.2) is 0 Å². The maximum Gasteiger partial charge on any atom is 0.326 e.